The average molecular weight is 373 g/mol. The van der Waals surface area contributed by atoms with Gasteiger partial charge in [-0.05, 0) is 61.5 Å². The normalized spacial score (nSPS) is 37.3. The molecule has 0 aliphatic heterocycles. The van der Waals surface area contributed by atoms with Gasteiger partial charge in [-0.1, -0.05) is 38.5 Å². The Morgan fingerprint density at radius 1 is 1.15 bits per heavy atom. The number of hydrogen-bond acceptors (Lipinski definition) is 4. The largest absolute Gasteiger partial charge is 0.452 e. The highest BCUT2D eigenvalue weighted by atomic mass is 32.1. The van der Waals surface area contributed by atoms with Crippen LogP contribution in [0.1, 0.15) is 58.4 Å². The van der Waals surface area contributed by atoms with Gasteiger partial charge in [0, 0.05) is 18.6 Å². The Kier molecular flexibility index (Phi) is 4.00. The Hall–Kier alpha value is -1.42. The molecule has 0 saturated heterocycles. The third kappa shape index (κ3) is 2.37. The van der Waals surface area contributed by atoms with Crippen LogP contribution in [-0.4, -0.2) is 17.1 Å². The number of Topliss-reactive ketones (excluding diaryl/α,β-unsaturated/α-hetero) is 1. The Labute approximate surface area is 161 Å². The van der Waals surface area contributed by atoms with Crippen LogP contribution in [0, 0.1) is 29.1 Å². The van der Waals surface area contributed by atoms with Gasteiger partial charge < -0.3 is 9.47 Å². The lowest BCUT2D eigenvalue weighted by Gasteiger charge is -2.40. The fourth-order valence-corrected chi connectivity index (χ4v) is 6.92. The van der Waals surface area contributed by atoms with Gasteiger partial charge in [-0.25, -0.2) is 0 Å². The van der Waals surface area contributed by atoms with E-state index in [0.29, 0.717) is 23.9 Å². The number of thiocarbonyl (C=S) groups is 1. The summed E-state index contributed by atoms with van der Waals surface area (Å²) in [7, 11) is 0. The summed E-state index contributed by atoms with van der Waals surface area (Å²) in [5.41, 5.74) is 0.959. The zero-order valence-corrected chi connectivity index (χ0v) is 16.9. The molecule has 3 aliphatic carbocycles. The molecule has 3 saturated carbocycles. The highest BCUT2D eigenvalue weighted by Crippen LogP contribution is 2.75. The number of ether oxygens (including phenoxy) is 2. The third-order valence-corrected chi connectivity index (χ3v) is 7.57. The van der Waals surface area contributed by atoms with Crippen LogP contribution in [-0.2, 0) is 9.53 Å². The lowest BCUT2D eigenvalue weighted by molar-refractivity contribution is -0.138. The second-order valence-electron chi connectivity index (χ2n) is 9.42. The molecule has 3 fully saturated rings. The first kappa shape index (κ1) is 18.0. The van der Waals surface area contributed by atoms with Crippen LogP contribution < -0.4 is 4.74 Å². The fourth-order valence-electron chi connectivity index (χ4n) is 6.70. The molecule has 3 aliphatic rings. The summed E-state index contributed by atoms with van der Waals surface area (Å²) in [6, 6.07) is 7.76. The molecule has 26 heavy (non-hydrogen) atoms. The predicted octanol–water partition coefficient (Wildman–Crippen LogP) is 5.24. The van der Waals surface area contributed by atoms with E-state index in [0.717, 1.165) is 25.7 Å². The summed E-state index contributed by atoms with van der Waals surface area (Å²) in [5.74, 6) is 1.44. The number of benzene rings is 1. The Balaban J connectivity index is 1.58. The minimum atomic E-state index is -0.392. The average Bonchev–Trinajstić information content (AvgIpc) is 3.10. The first-order valence-corrected chi connectivity index (χ1v) is 10.1. The second kappa shape index (κ2) is 5.79. The van der Waals surface area contributed by atoms with Crippen LogP contribution in [0.3, 0.4) is 0 Å². The van der Waals surface area contributed by atoms with Crippen LogP contribution in [0.4, 0.5) is 0 Å². The molecule has 1 aromatic carbocycles. The van der Waals surface area contributed by atoms with Crippen molar-refractivity contribution in [3.05, 3.63) is 29.8 Å². The molecular formula is C22H28O3S. The molecule has 4 heteroatoms. The molecule has 4 atom stereocenters. The van der Waals surface area contributed by atoms with Crippen molar-refractivity contribution >= 4 is 23.2 Å². The van der Waals surface area contributed by atoms with Crippen molar-refractivity contribution in [2.45, 2.75) is 65.9 Å². The molecule has 1 spiro atoms. The van der Waals surface area contributed by atoms with Crippen molar-refractivity contribution in [3.8, 4) is 5.75 Å². The number of hydrogen-bond donors (Lipinski definition) is 0. The second-order valence-corrected chi connectivity index (χ2v) is 9.75. The van der Waals surface area contributed by atoms with Crippen molar-refractivity contribution < 1.29 is 14.3 Å². The molecule has 0 N–H and O–H groups in total. The summed E-state index contributed by atoms with van der Waals surface area (Å²) in [6.07, 6.45) is 4.49. The lowest BCUT2D eigenvalue weighted by Crippen LogP contribution is -2.48. The Morgan fingerprint density at radius 3 is 2.54 bits per heavy atom. The summed E-state index contributed by atoms with van der Waals surface area (Å²) >= 11 is 5.40. The van der Waals surface area contributed by atoms with Crippen molar-refractivity contribution in [1.29, 1.82) is 0 Å². The van der Waals surface area contributed by atoms with E-state index in [-0.39, 0.29) is 22.2 Å². The minimum Gasteiger partial charge on any atom is -0.452 e. The molecule has 140 valence electrons. The number of aryl methyl sites for hydroxylation is 1. The van der Waals surface area contributed by atoms with E-state index >= 15 is 0 Å². The zero-order valence-electron chi connectivity index (χ0n) is 16.1. The fraction of sp³-hybridized carbons (Fsp3) is 0.636. The van der Waals surface area contributed by atoms with Gasteiger partial charge in [0.05, 0.1) is 5.41 Å². The molecule has 1 aromatic rings. The predicted molar refractivity (Wildman–Crippen MR) is 105 cm³/mol. The van der Waals surface area contributed by atoms with Crippen molar-refractivity contribution in [1.82, 2.24) is 0 Å². The molecule has 0 amide bonds. The first-order chi connectivity index (χ1) is 12.2. The van der Waals surface area contributed by atoms with E-state index in [4.69, 9.17) is 21.7 Å². The van der Waals surface area contributed by atoms with Crippen molar-refractivity contribution in [2.24, 2.45) is 22.2 Å². The van der Waals surface area contributed by atoms with Crippen molar-refractivity contribution in [3.63, 3.8) is 0 Å². The SMILES string of the molecule is Cc1ccc(OC(=S)O[C@H]2CC[C@]3(C)CC(C)(C)C4CCC(=O)C423)cc1. The topological polar surface area (TPSA) is 35.5 Å². The van der Waals surface area contributed by atoms with E-state index in [1.54, 1.807) is 0 Å². The molecule has 0 aromatic heterocycles. The third-order valence-electron chi connectivity index (χ3n) is 7.39. The van der Waals surface area contributed by atoms with Crippen LogP contribution >= 0.6 is 12.2 Å². The van der Waals surface area contributed by atoms with Crippen LogP contribution in [0.5, 0.6) is 5.75 Å². The smallest absolute Gasteiger partial charge is 0.358 e. The van der Waals surface area contributed by atoms with E-state index in [9.17, 15) is 4.79 Å². The maximum absolute atomic E-state index is 13.2. The lowest BCUT2D eigenvalue weighted by atomic mass is 9.64. The molecule has 0 heterocycles. The van der Waals surface area contributed by atoms with E-state index in [2.05, 4.69) is 20.8 Å². The van der Waals surface area contributed by atoms with Crippen molar-refractivity contribution in [2.75, 3.05) is 0 Å². The summed E-state index contributed by atoms with van der Waals surface area (Å²) < 4.78 is 11.9. The van der Waals surface area contributed by atoms with Gasteiger partial charge >= 0.3 is 5.24 Å². The summed E-state index contributed by atoms with van der Waals surface area (Å²) in [6.45, 7) is 8.97. The summed E-state index contributed by atoms with van der Waals surface area (Å²) in [5, 5.41) is 0.139. The highest BCUT2D eigenvalue weighted by molar-refractivity contribution is 7.79. The zero-order chi connectivity index (χ0) is 18.7. The molecule has 2 unspecified atom stereocenters. The summed E-state index contributed by atoms with van der Waals surface area (Å²) in [4.78, 5) is 13.2. The van der Waals surface area contributed by atoms with Gasteiger partial charge in [0.15, 0.2) is 0 Å². The monoisotopic (exact) mass is 372 g/mol. The molecule has 0 radical (unpaired) electrons. The standard InChI is InChI=1S/C22H28O3S/c1-14-5-7-15(8-6-14)24-19(26)25-18-11-12-21(4)13-20(2,3)16-9-10-17(23)22(16,18)21/h5-8,16,18H,9-13H2,1-4H3/t16?,18-,21+,22?/m0/s1. The maximum atomic E-state index is 13.2. The van der Waals surface area contributed by atoms with Crippen LogP contribution in [0.2, 0.25) is 0 Å². The number of carbonyl (C=O) groups excluding carboxylic acids is 1. The van der Waals surface area contributed by atoms with Gasteiger partial charge in [0.2, 0.25) is 0 Å². The maximum Gasteiger partial charge on any atom is 0.358 e. The van der Waals surface area contributed by atoms with Gasteiger partial charge in [0.1, 0.15) is 17.6 Å². The number of carbonyl (C=O) groups is 1. The minimum absolute atomic E-state index is 0.0128. The number of rotatable bonds is 2. The van der Waals surface area contributed by atoms with E-state index in [1.807, 2.05) is 31.2 Å². The molecular weight excluding hydrogens is 344 g/mol. The Bertz CT molecular complexity index is 753. The number of ketones is 1. The Morgan fingerprint density at radius 2 is 1.85 bits per heavy atom. The van der Waals surface area contributed by atoms with E-state index in [1.165, 1.54) is 5.56 Å². The molecule has 0 bridgehead atoms. The van der Waals surface area contributed by atoms with Gasteiger partial charge in [0.25, 0.3) is 0 Å². The van der Waals surface area contributed by atoms with Gasteiger partial charge in [-0.3, -0.25) is 4.79 Å². The van der Waals surface area contributed by atoms with Crippen LogP contribution in [0.15, 0.2) is 24.3 Å². The van der Waals surface area contributed by atoms with Crippen LogP contribution in [0.25, 0.3) is 0 Å². The highest BCUT2D eigenvalue weighted by Gasteiger charge is 2.75. The quantitative estimate of drug-likeness (QED) is 0.665. The molecule has 3 nitrogen and oxygen atoms in total. The van der Waals surface area contributed by atoms with E-state index < -0.39 is 5.41 Å². The van der Waals surface area contributed by atoms with Gasteiger partial charge in [-0.15, -0.1) is 0 Å². The molecule has 4 rings (SSSR count). The van der Waals surface area contributed by atoms with Gasteiger partial charge in [-0.2, -0.15) is 0 Å². The first-order valence-electron chi connectivity index (χ1n) is 9.67.